The average molecular weight is 342 g/mol. The van der Waals surface area contributed by atoms with Crippen molar-refractivity contribution in [2.24, 2.45) is 5.92 Å². The molecule has 0 bridgehead atoms. The summed E-state index contributed by atoms with van der Waals surface area (Å²) in [4.78, 5) is 28.4. The Morgan fingerprint density at radius 3 is 2.76 bits per heavy atom. The third-order valence-electron chi connectivity index (χ3n) is 4.42. The van der Waals surface area contributed by atoms with Crippen molar-refractivity contribution < 1.29 is 18.7 Å². The average Bonchev–Trinajstić information content (AvgIpc) is 3.19. The van der Waals surface area contributed by atoms with Crippen LogP contribution in [-0.4, -0.2) is 37.4 Å². The fourth-order valence-electron chi connectivity index (χ4n) is 3.15. The summed E-state index contributed by atoms with van der Waals surface area (Å²) in [6.45, 7) is 2.62. The zero-order valence-electron chi connectivity index (χ0n) is 14.7. The van der Waals surface area contributed by atoms with Gasteiger partial charge < -0.3 is 19.0 Å². The van der Waals surface area contributed by atoms with Crippen molar-refractivity contribution in [3.8, 4) is 5.75 Å². The van der Waals surface area contributed by atoms with Crippen molar-refractivity contribution in [2.75, 3.05) is 25.6 Å². The fraction of sp³-hybridized carbons (Fsp3) is 0.368. The highest BCUT2D eigenvalue weighted by atomic mass is 16.5. The van der Waals surface area contributed by atoms with E-state index in [2.05, 4.69) is 0 Å². The molecule has 0 unspecified atom stereocenters. The largest absolute Gasteiger partial charge is 0.495 e. The number of rotatable bonds is 5. The van der Waals surface area contributed by atoms with Crippen LogP contribution in [-0.2, 0) is 16.1 Å². The standard InChI is InChI=1S/C19H22N2O4/c1-13-8-9-15(25-13)12-20(2)19(23)14-10-18(22)21(11-14)16-6-4-5-7-17(16)24-3/h4-9,14H,10-12H2,1-3H3/t14-/m0/s1. The molecular formula is C19H22N2O4. The first-order chi connectivity index (χ1) is 12.0. The fourth-order valence-corrected chi connectivity index (χ4v) is 3.15. The lowest BCUT2D eigenvalue weighted by atomic mass is 10.1. The number of nitrogens with zero attached hydrogens (tertiary/aromatic N) is 2. The quantitative estimate of drug-likeness (QED) is 0.838. The van der Waals surface area contributed by atoms with E-state index < -0.39 is 0 Å². The maximum absolute atomic E-state index is 12.7. The summed E-state index contributed by atoms with van der Waals surface area (Å²) < 4.78 is 10.8. The Balaban J connectivity index is 1.70. The monoisotopic (exact) mass is 342 g/mol. The van der Waals surface area contributed by atoms with Crippen LogP contribution < -0.4 is 9.64 Å². The van der Waals surface area contributed by atoms with Crippen molar-refractivity contribution >= 4 is 17.5 Å². The second-order valence-electron chi connectivity index (χ2n) is 6.28. The minimum absolute atomic E-state index is 0.0557. The van der Waals surface area contributed by atoms with Crippen LogP contribution in [0.4, 0.5) is 5.69 Å². The Hall–Kier alpha value is -2.76. The number of aryl methyl sites for hydroxylation is 1. The van der Waals surface area contributed by atoms with Crippen molar-refractivity contribution in [1.29, 1.82) is 0 Å². The molecule has 0 spiro atoms. The zero-order valence-corrected chi connectivity index (χ0v) is 14.7. The van der Waals surface area contributed by atoms with E-state index in [-0.39, 0.29) is 24.2 Å². The summed E-state index contributed by atoms with van der Waals surface area (Å²) in [5.41, 5.74) is 0.703. The lowest BCUT2D eigenvalue weighted by Crippen LogP contribution is -2.34. The summed E-state index contributed by atoms with van der Waals surface area (Å²) in [6.07, 6.45) is 0.207. The molecule has 1 saturated heterocycles. The van der Waals surface area contributed by atoms with Crippen LogP contribution >= 0.6 is 0 Å². The van der Waals surface area contributed by atoms with E-state index in [4.69, 9.17) is 9.15 Å². The van der Waals surface area contributed by atoms with Gasteiger partial charge >= 0.3 is 0 Å². The van der Waals surface area contributed by atoms with Gasteiger partial charge in [-0.15, -0.1) is 0 Å². The molecule has 0 saturated carbocycles. The molecule has 2 aromatic rings. The zero-order chi connectivity index (χ0) is 18.0. The molecule has 1 aromatic heterocycles. The molecule has 1 atom stereocenters. The van der Waals surface area contributed by atoms with E-state index in [1.807, 2.05) is 43.3 Å². The number of methoxy groups -OCH3 is 1. The van der Waals surface area contributed by atoms with Gasteiger partial charge in [-0.1, -0.05) is 12.1 Å². The molecule has 1 aromatic carbocycles. The molecule has 1 fully saturated rings. The Labute approximate surface area is 147 Å². The van der Waals surface area contributed by atoms with Crippen molar-refractivity contribution in [3.63, 3.8) is 0 Å². The summed E-state index contributed by atoms with van der Waals surface area (Å²) in [7, 11) is 3.30. The van der Waals surface area contributed by atoms with Crippen molar-refractivity contribution in [2.45, 2.75) is 19.9 Å². The highest BCUT2D eigenvalue weighted by Crippen LogP contribution is 2.33. The van der Waals surface area contributed by atoms with Gasteiger partial charge in [-0.3, -0.25) is 9.59 Å². The molecular weight excluding hydrogens is 320 g/mol. The van der Waals surface area contributed by atoms with Crippen LogP contribution in [0.1, 0.15) is 17.9 Å². The molecule has 1 aliphatic heterocycles. The first-order valence-corrected chi connectivity index (χ1v) is 8.23. The lowest BCUT2D eigenvalue weighted by molar-refractivity contribution is -0.135. The van der Waals surface area contributed by atoms with Gasteiger partial charge in [-0.25, -0.2) is 0 Å². The van der Waals surface area contributed by atoms with E-state index in [1.54, 1.807) is 24.0 Å². The Morgan fingerprint density at radius 2 is 2.08 bits per heavy atom. The molecule has 25 heavy (non-hydrogen) atoms. The minimum atomic E-state index is -0.363. The number of hydrogen-bond acceptors (Lipinski definition) is 4. The van der Waals surface area contributed by atoms with Crippen LogP contribution in [0.15, 0.2) is 40.8 Å². The molecule has 132 valence electrons. The van der Waals surface area contributed by atoms with Crippen LogP contribution in [0, 0.1) is 12.8 Å². The van der Waals surface area contributed by atoms with E-state index in [9.17, 15) is 9.59 Å². The number of ether oxygens (including phenoxy) is 1. The molecule has 6 nitrogen and oxygen atoms in total. The van der Waals surface area contributed by atoms with Gasteiger partial charge in [-0.05, 0) is 31.2 Å². The van der Waals surface area contributed by atoms with Crippen molar-refractivity contribution in [3.05, 3.63) is 47.9 Å². The maximum Gasteiger partial charge on any atom is 0.228 e. The highest BCUT2D eigenvalue weighted by Gasteiger charge is 2.37. The Morgan fingerprint density at radius 1 is 1.32 bits per heavy atom. The SMILES string of the molecule is COc1ccccc1N1C[C@@H](C(=O)N(C)Cc2ccc(C)o2)CC1=O. The molecule has 0 N–H and O–H groups in total. The number of carbonyl (C=O) groups excluding carboxylic acids is 2. The second-order valence-corrected chi connectivity index (χ2v) is 6.28. The van der Waals surface area contributed by atoms with Gasteiger partial charge in [0.15, 0.2) is 0 Å². The smallest absolute Gasteiger partial charge is 0.228 e. The van der Waals surface area contributed by atoms with E-state index >= 15 is 0 Å². The predicted octanol–water partition coefficient (Wildman–Crippen LogP) is 2.61. The Kier molecular flexibility index (Phi) is 4.79. The first kappa shape index (κ1) is 17.1. The number of hydrogen-bond donors (Lipinski definition) is 0. The number of carbonyl (C=O) groups is 2. The third kappa shape index (κ3) is 3.52. The van der Waals surface area contributed by atoms with Gasteiger partial charge in [0.1, 0.15) is 17.3 Å². The highest BCUT2D eigenvalue weighted by molar-refractivity contribution is 6.01. The molecule has 3 rings (SSSR count). The lowest BCUT2D eigenvalue weighted by Gasteiger charge is -2.21. The number of amides is 2. The van der Waals surface area contributed by atoms with Gasteiger partial charge in [0.2, 0.25) is 11.8 Å². The van der Waals surface area contributed by atoms with Gasteiger partial charge in [-0.2, -0.15) is 0 Å². The molecule has 6 heteroatoms. The van der Waals surface area contributed by atoms with Crippen LogP contribution in [0.25, 0.3) is 0 Å². The number of anilines is 1. The molecule has 2 heterocycles. The minimum Gasteiger partial charge on any atom is -0.495 e. The van der Waals surface area contributed by atoms with Crippen molar-refractivity contribution in [1.82, 2.24) is 4.90 Å². The van der Waals surface area contributed by atoms with E-state index in [1.165, 1.54) is 0 Å². The van der Waals surface area contributed by atoms with E-state index in [0.717, 1.165) is 11.5 Å². The Bertz CT molecular complexity index is 783. The van der Waals surface area contributed by atoms with E-state index in [0.29, 0.717) is 24.5 Å². The normalized spacial score (nSPS) is 17.0. The predicted molar refractivity (Wildman–Crippen MR) is 93.4 cm³/mol. The third-order valence-corrected chi connectivity index (χ3v) is 4.42. The number of furan rings is 1. The topological polar surface area (TPSA) is 63.0 Å². The van der Waals surface area contributed by atoms with Crippen LogP contribution in [0.3, 0.4) is 0 Å². The summed E-state index contributed by atoms with van der Waals surface area (Å²) in [5, 5.41) is 0. The van der Waals surface area contributed by atoms with Gasteiger partial charge in [0.25, 0.3) is 0 Å². The first-order valence-electron chi connectivity index (χ1n) is 8.23. The molecule has 0 aliphatic carbocycles. The molecule has 0 radical (unpaired) electrons. The summed E-state index contributed by atoms with van der Waals surface area (Å²) >= 11 is 0. The number of para-hydroxylation sites is 2. The second kappa shape index (κ2) is 7.01. The number of benzene rings is 1. The summed E-state index contributed by atoms with van der Waals surface area (Å²) in [6, 6.07) is 11.1. The van der Waals surface area contributed by atoms with Gasteiger partial charge in [0, 0.05) is 20.0 Å². The molecule has 2 amide bonds. The molecule has 1 aliphatic rings. The van der Waals surface area contributed by atoms with Crippen LogP contribution in [0.2, 0.25) is 0 Å². The van der Waals surface area contributed by atoms with Crippen LogP contribution in [0.5, 0.6) is 5.75 Å². The van der Waals surface area contributed by atoms with Gasteiger partial charge in [0.05, 0.1) is 25.3 Å². The summed E-state index contributed by atoms with van der Waals surface area (Å²) in [5.74, 6) is 1.69. The maximum atomic E-state index is 12.7.